The average molecular weight is 468 g/mol. The van der Waals surface area contributed by atoms with Crippen LogP contribution in [0.5, 0.6) is 11.5 Å². The summed E-state index contributed by atoms with van der Waals surface area (Å²) in [5, 5.41) is 8.24. The molecule has 35 heavy (non-hydrogen) atoms. The quantitative estimate of drug-likeness (QED) is 0.289. The van der Waals surface area contributed by atoms with Crippen molar-refractivity contribution < 1.29 is 9.47 Å². The minimum Gasteiger partial charge on any atom is -0.454 e. The van der Waals surface area contributed by atoms with E-state index in [0.717, 1.165) is 59.7 Å². The highest BCUT2D eigenvalue weighted by atomic mass is 16.7. The van der Waals surface area contributed by atoms with Gasteiger partial charge in [-0.2, -0.15) is 0 Å². The molecule has 2 N–H and O–H groups in total. The van der Waals surface area contributed by atoms with E-state index in [-0.39, 0.29) is 5.41 Å². The molecule has 0 spiro atoms. The maximum atomic E-state index is 5.58. The number of hydrogen-bond donors (Lipinski definition) is 2. The van der Waals surface area contributed by atoms with Crippen LogP contribution in [0.2, 0.25) is 0 Å². The first-order valence-electron chi connectivity index (χ1n) is 12.3. The summed E-state index contributed by atoms with van der Waals surface area (Å²) in [5.74, 6) is 1.70. The number of ether oxygens (including phenoxy) is 2. The van der Waals surface area contributed by atoms with Crippen LogP contribution in [0.25, 0.3) is 22.0 Å². The van der Waals surface area contributed by atoms with Crippen molar-refractivity contribution >= 4 is 16.6 Å². The van der Waals surface area contributed by atoms with E-state index in [1.54, 1.807) is 0 Å². The minimum absolute atomic E-state index is 0.157. The third kappa shape index (κ3) is 5.25. The van der Waals surface area contributed by atoms with Gasteiger partial charge in [-0.15, -0.1) is 0 Å². The second-order valence-electron chi connectivity index (χ2n) is 10.0. The largest absolute Gasteiger partial charge is 0.454 e. The first-order chi connectivity index (χ1) is 17.0. The molecular formula is C30H33N3O2. The zero-order valence-corrected chi connectivity index (χ0v) is 20.7. The number of fused-ring (bicyclic) bond motifs is 2. The van der Waals surface area contributed by atoms with Gasteiger partial charge >= 0.3 is 0 Å². The van der Waals surface area contributed by atoms with Crippen LogP contribution in [-0.2, 0) is 12.0 Å². The summed E-state index contributed by atoms with van der Waals surface area (Å²) >= 11 is 0. The van der Waals surface area contributed by atoms with Crippen molar-refractivity contribution in [1.29, 1.82) is 0 Å². The second kappa shape index (κ2) is 9.96. The molecule has 0 atom stereocenters. The van der Waals surface area contributed by atoms with Crippen molar-refractivity contribution in [2.75, 3.05) is 25.2 Å². The van der Waals surface area contributed by atoms with Gasteiger partial charge in [-0.3, -0.25) is 4.98 Å². The van der Waals surface area contributed by atoms with Gasteiger partial charge in [0.15, 0.2) is 11.5 Å². The van der Waals surface area contributed by atoms with Gasteiger partial charge in [0.2, 0.25) is 6.79 Å². The highest BCUT2D eigenvalue weighted by molar-refractivity contribution is 5.93. The van der Waals surface area contributed by atoms with E-state index >= 15 is 0 Å². The first kappa shape index (κ1) is 23.2. The lowest BCUT2D eigenvalue weighted by molar-refractivity contribution is 0.173. The molecule has 180 valence electrons. The number of hydrogen-bond acceptors (Lipinski definition) is 5. The van der Waals surface area contributed by atoms with Crippen molar-refractivity contribution in [2.45, 2.75) is 39.2 Å². The van der Waals surface area contributed by atoms with E-state index in [1.165, 1.54) is 16.7 Å². The van der Waals surface area contributed by atoms with Crippen molar-refractivity contribution in [2.24, 2.45) is 0 Å². The fourth-order valence-corrected chi connectivity index (χ4v) is 4.43. The van der Waals surface area contributed by atoms with Crippen LogP contribution in [0, 0.1) is 0 Å². The van der Waals surface area contributed by atoms with E-state index in [2.05, 4.69) is 91.0 Å². The van der Waals surface area contributed by atoms with E-state index in [1.807, 2.05) is 18.3 Å². The smallest absolute Gasteiger partial charge is 0.231 e. The number of para-hydroxylation sites is 1. The fraction of sp³-hybridized carbons (Fsp3) is 0.300. The molecule has 0 bridgehead atoms. The predicted octanol–water partition coefficient (Wildman–Crippen LogP) is 6.52. The Kier molecular flexibility index (Phi) is 6.60. The zero-order chi connectivity index (χ0) is 24.3. The van der Waals surface area contributed by atoms with Crippen LogP contribution < -0.4 is 20.1 Å². The van der Waals surface area contributed by atoms with Crippen LogP contribution in [0.3, 0.4) is 0 Å². The summed E-state index contributed by atoms with van der Waals surface area (Å²) in [6.45, 7) is 9.60. The van der Waals surface area contributed by atoms with E-state index in [9.17, 15) is 0 Å². The zero-order valence-electron chi connectivity index (χ0n) is 20.7. The van der Waals surface area contributed by atoms with Crippen molar-refractivity contribution in [3.63, 3.8) is 0 Å². The molecule has 1 aliphatic rings. The summed E-state index contributed by atoms with van der Waals surface area (Å²) in [5.41, 5.74) is 7.17. The summed E-state index contributed by atoms with van der Waals surface area (Å²) in [7, 11) is 0. The highest BCUT2D eigenvalue weighted by Crippen LogP contribution is 2.35. The first-order valence-corrected chi connectivity index (χ1v) is 12.3. The molecule has 0 saturated carbocycles. The third-order valence-corrected chi connectivity index (χ3v) is 6.47. The molecule has 0 radical (unpaired) electrons. The topological polar surface area (TPSA) is 55.4 Å². The molecule has 4 aromatic rings. The van der Waals surface area contributed by atoms with E-state index < -0.39 is 0 Å². The molecule has 0 fully saturated rings. The Morgan fingerprint density at radius 3 is 2.54 bits per heavy atom. The summed E-state index contributed by atoms with van der Waals surface area (Å²) < 4.78 is 11.0. The molecule has 3 aromatic carbocycles. The van der Waals surface area contributed by atoms with E-state index in [0.29, 0.717) is 6.79 Å². The Morgan fingerprint density at radius 1 is 0.886 bits per heavy atom. The molecule has 2 heterocycles. The van der Waals surface area contributed by atoms with Gasteiger partial charge in [-0.05, 0) is 53.3 Å². The molecule has 1 aliphatic heterocycles. The third-order valence-electron chi connectivity index (χ3n) is 6.47. The average Bonchev–Trinajstić information content (AvgIpc) is 3.35. The molecule has 5 nitrogen and oxygen atoms in total. The van der Waals surface area contributed by atoms with Crippen molar-refractivity contribution in [3.8, 4) is 22.6 Å². The number of benzene rings is 3. The maximum Gasteiger partial charge on any atom is 0.231 e. The monoisotopic (exact) mass is 467 g/mol. The fourth-order valence-electron chi connectivity index (χ4n) is 4.43. The highest BCUT2D eigenvalue weighted by Gasteiger charge is 2.16. The van der Waals surface area contributed by atoms with E-state index in [4.69, 9.17) is 9.47 Å². The Hall–Kier alpha value is -3.57. The van der Waals surface area contributed by atoms with Crippen LogP contribution in [-0.4, -0.2) is 24.9 Å². The van der Waals surface area contributed by atoms with Gasteiger partial charge in [-0.1, -0.05) is 69.3 Å². The number of rotatable bonds is 8. The number of nitrogens with zero attached hydrogens (tertiary/aromatic N) is 1. The molecule has 1 aromatic heterocycles. The number of nitrogens with one attached hydrogen (secondary N) is 2. The molecular weight excluding hydrogens is 434 g/mol. The summed E-state index contributed by atoms with van der Waals surface area (Å²) in [4.78, 5) is 4.63. The van der Waals surface area contributed by atoms with Crippen LogP contribution in [0.4, 0.5) is 5.69 Å². The SMILES string of the molecule is CC(C)(C)c1ccc(-c2ccc3c(NCCCNCc4cccc5c4OCO5)ccnc3c2)cc1. The summed E-state index contributed by atoms with van der Waals surface area (Å²) in [6, 6.07) is 23.5. The maximum absolute atomic E-state index is 5.58. The van der Waals surface area contributed by atoms with Crippen LogP contribution in [0.1, 0.15) is 38.3 Å². The standard InChI is InChI=1S/C30H33N3O2/c1-30(2,3)24-11-8-21(9-12-24)22-10-13-25-26(14-17-33-27(25)18-22)32-16-5-15-31-19-23-6-4-7-28-29(23)35-20-34-28/h4,6-14,17-18,31H,5,15-16,19-20H2,1-3H3,(H,32,33). The lowest BCUT2D eigenvalue weighted by Crippen LogP contribution is -2.18. The Balaban J connectivity index is 1.17. The summed E-state index contributed by atoms with van der Waals surface area (Å²) in [6.07, 6.45) is 2.89. The van der Waals surface area contributed by atoms with Gasteiger partial charge in [0.1, 0.15) is 0 Å². The molecule has 5 heteroatoms. The van der Waals surface area contributed by atoms with Gasteiger partial charge < -0.3 is 20.1 Å². The molecule has 5 rings (SSSR count). The Labute approximate surface area is 207 Å². The Morgan fingerprint density at radius 2 is 1.71 bits per heavy atom. The van der Waals surface area contributed by atoms with Gasteiger partial charge in [0.05, 0.1) is 5.52 Å². The van der Waals surface area contributed by atoms with Gasteiger partial charge in [0.25, 0.3) is 0 Å². The second-order valence-corrected chi connectivity index (χ2v) is 10.0. The molecule has 0 saturated heterocycles. The van der Waals surface area contributed by atoms with Crippen molar-refractivity contribution in [1.82, 2.24) is 10.3 Å². The minimum atomic E-state index is 0.157. The lowest BCUT2D eigenvalue weighted by atomic mass is 9.86. The number of pyridine rings is 1. The molecule has 0 amide bonds. The Bertz CT molecular complexity index is 1310. The van der Waals surface area contributed by atoms with Crippen LogP contribution >= 0.6 is 0 Å². The molecule has 0 unspecified atom stereocenters. The molecule has 0 aliphatic carbocycles. The van der Waals surface area contributed by atoms with Gasteiger partial charge in [-0.25, -0.2) is 0 Å². The lowest BCUT2D eigenvalue weighted by Gasteiger charge is -2.19. The predicted molar refractivity (Wildman–Crippen MR) is 143 cm³/mol. The van der Waals surface area contributed by atoms with Crippen LogP contribution in [0.15, 0.2) is 72.9 Å². The number of anilines is 1. The number of aromatic nitrogens is 1. The van der Waals surface area contributed by atoms with Crippen molar-refractivity contribution in [3.05, 3.63) is 84.1 Å². The van der Waals surface area contributed by atoms with Gasteiger partial charge in [0, 0.05) is 35.9 Å². The normalized spacial score (nSPS) is 12.8.